The summed E-state index contributed by atoms with van der Waals surface area (Å²) in [4.78, 5) is 0. The Kier molecular flexibility index (Phi) is 3.91. The Hall–Kier alpha value is -0.140. The molecule has 0 saturated carbocycles. The molecule has 1 rings (SSSR count). The number of benzene rings is 1. The molecule has 78 valence electrons. The van der Waals surface area contributed by atoms with Gasteiger partial charge in [-0.3, -0.25) is 0 Å². The van der Waals surface area contributed by atoms with E-state index in [9.17, 15) is 0 Å². The molecule has 0 radical (unpaired) electrons. The molecule has 0 bridgehead atoms. The van der Waals surface area contributed by atoms with E-state index in [2.05, 4.69) is 39.8 Å². The van der Waals surface area contributed by atoms with Gasteiger partial charge in [-0.1, -0.05) is 45.0 Å². The zero-order valence-electron chi connectivity index (χ0n) is 9.17. The molecular formula is C12H17ClS. The van der Waals surface area contributed by atoms with Crippen molar-refractivity contribution in [2.45, 2.75) is 37.2 Å². The van der Waals surface area contributed by atoms with Crippen LogP contribution < -0.4 is 0 Å². The Morgan fingerprint density at radius 2 is 1.79 bits per heavy atom. The van der Waals surface area contributed by atoms with E-state index < -0.39 is 0 Å². The average Bonchev–Trinajstić information content (AvgIpc) is 2.01. The highest BCUT2D eigenvalue weighted by Crippen LogP contribution is 2.41. The third kappa shape index (κ3) is 3.55. The molecule has 0 aromatic heterocycles. The van der Waals surface area contributed by atoms with E-state index in [0.29, 0.717) is 0 Å². The molecule has 0 heterocycles. The quantitative estimate of drug-likeness (QED) is 0.658. The fourth-order valence-electron chi connectivity index (χ4n) is 1.22. The minimum absolute atomic E-state index is 0.0520. The second-order valence-corrected chi connectivity index (χ2v) is 7.03. The van der Waals surface area contributed by atoms with E-state index in [4.69, 9.17) is 11.6 Å². The number of alkyl halides is 1. The molecular weight excluding hydrogens is 212 g/mol. The van der Waals surface area contributed by atoms with Crippen molar-refractivity contribution in [2.75, 3.05) is 0 Å². The summed E-state index contributed by atoms with van der Waals surface area (Å²) in [6.45, 7) is 8.66. The topological polar surface area (TPSA) is 0 Å². The third-order valence-electron chi connectivity index (χ3n) is 1.89. The van der Waals surface area contributed by atoms with Gasteiger partial charge in [-0.15, -0.1) is 23.4 Å². The van der Waals surface area contributed by atoms with E-state index in [1.54, 1.807) is 11.8 Å². The van der Waals surface area contributed by atoms with Gasteiger partial charge >= 0.3 is 0 Å². The van der Waals surface area contributed by atoms with Crippen LogP contribution in [0.25, 0.3) is 0 Å². The van der Waals surface area contributed by atoms with Crippen molar-refractivity contribution in [3.05, 3.63) is 35.4 Å². The number of halogens is 1. The van der Waals surface area contributed by atoms with Crippen molar-refractivity contribution in [1.82, 2.24) is 0 Å². The van der Waals surface area contributed by atoms with Crippen LogP contribution in [0.2, 0.25) is 0 Å². The van der Waals surface area contributed by atoms with Gasteiger partial charge < -0.3 is 0 Å². The van der Waals surface area contributed by atoms with Gasteiger partial charge in [-0.2, -0.15) is 0 Å². The first-order valence-corrected chi connectivity index (χ1v) is 6.09. The zero-order chi connectivity index (χ0) is 10.8. The molecule has 0 N–H and O–H groups in total. The highest BCUT2D eigenvalue weighted by atomic mass is 35.5. The van der Waals surface area contributed by atoms with Gasteiger partial charge in [-0.05, 0) is 18.1 Å². The van der Waals surface area contributed by atoms with Gasteiger partial charge in [0.05, 0.1) is 0 Å². The lowest BCUT2D eigenvalue weighted by Gasteiger charge is -2.22. The number of rotatable bonds is 2. The van der Waals surface area contributed by atoms with Crippen LogP contribution in [-0.4, -0.2) is 4.75 Å². The number of hydrogen-bond acceptors (Lipinski definition) is 1. The van der Waals surface area contributed by atoms with Crippen LogP contribution in [0.1, 0.15) is 36.6 Å². The molecule has 1 atom stereocenters. The standard InChI is InChI=1S/C12H17ClS/c1-9-7-5-6-8-10(9)11(13)14-12(2,3)4/h5-8,11H,1-4H3. The second-order valence-electron chi connectivity index (χ2n) is 4.40. The van der Waals surface area contributed by atoms with E-state index >= 15 is 0 Å². The molecule has 0 saturated heterocycles. The second kappa shape index (κ2) is 4.59. The van der Waals surface area contributed by atoms with Gasteiger partial charge in [0, 0.05) is 4.75 Å². The summed E-state index contributed by atoms with van der Waals surface area (Å²) in [5, 5.41) is 0. The fraction of sp³-hybridized carbons (Fsp3) is 0.500. The van der Waals surface area contributed by atoms with Crippen LogP contribution in [0.3, 0.4) is 0 Å². The van der Waals surface area contributed by atoms with Crippen molar-refractivity contribution in [3.8, 4) is 0 Å². The lowest BCUT2D eigenvalue weighted by Crippen LogP contribution is -2.09. The van der Waals surface area contributed by atoms with Gasteiger partial charge in [0.2, 0.25) is 0 Å². The van der Waals surface area contributed by atoms with Crippen LogP contribution in [0, 0.1) is 6.92 Å². The summed E-state index contributed by atoms with van der Waals surface area (Å²) in [5.41, 5.74) is 2.50. The molecule has 0 aliphatic heterocycles. The molecule has 14 heavy (non-hydrogen) atoms. The zero-order valence-corrected chi connectivity index (χ0v) is 10.7. The van der Waals surface area contributed by atoms with Crippen molar-refractivity contribution in [1.29, 1.82) is 0 Å². The third-order valence-corrected chi connectivity index (χ3v) is 3.56. The van der Waals surface area contributed by atoms with E-state index in [-0.39, 0.29) is 9.46 Å². The first kappa shape index (κ1) is 11.9. The number of thioether (sulfide) groups is 1. The maximum absolute atomic E-state index is 6.36. The maximum atomic E-state index is 6.36. The Morgan fingerprint density at radius 3 is 2.29 bits per heavy atom. The van der Waals surface area contributed by atoms with Crippen molar-refractivity contribution >= 4 is 23.4 Å². The van der Waals surface area contributed by atoms with Gasteiger partial charge in [0.1, 0.15) is 4.71 Å². The van der Waals surface area contributed by atoms with Gasteiger partial charge in [0.15, 0.2) is 0 Å². The summed E-state index contributed by atoms with van der Waals surface area (Å²) < 4.78 is 0.255. The molecule has 2 heteroatoms. The summed E-state index contributed by atoms with van der Waals surface area (Å²) >= 11 is 8.15. The van der Waals surface area contributed by atoms with Gasteiger partial charge in [-0.25, -0.2) is 0 Å². The SMILES string of the molecule is Cc1ccccc1C(Cl)SC(C)(C)C. The normalized spacial score (nSPS) is 14.1. The number of hydrogen-bond donors (Lipinski definition) is 0. The molecule has 1 aromatic rings. The maximum Gasteiger partial charge on any atom is 0.105 e. The van der Waals surface area contributed by atoms with Crippen LogP contribution in [0.15, 0.2) is 24.3 Å². The smallest absolute Gasteiger partial charge is 0.105 e. The first-order chi connectivity index (χ1) is 6.40. The lowest BCUT2D eigenvalue weighted by molar-refractivity contribution is 0.801. The Morgan fingerprint density at radius 1 is 1.21 bits per heavy atom. The highest BCUT2D eigenvalue weighted by Gasteiger charge is 2.19. The molecule has 0 aliphatic rings. The van der Waals surface area contributed by atoms with Crippen LogP contribution in [0.4, 0.5) is 0 Å². The fourth-order valence-corrected chi connectivity index (χ4v) is 3.27. The molecule has 0 fully saturated rings. The molecule has 0 amide bonds. The molecule has 1 aromatic carbocycles. The Balaban J connectivity index is 2.80. The summed E-state index contributed by atoms with van der Waals surface area (Å²) in [6, 6.07) is 8.30. The Bertz CT molecular complexity index is 301. The van der Waals surface area contributed by atoms with Crippen molar-refractivity contribution in [2.24, 2.45) is 0 Å². The van der Waals surface area contributed by atoms with Crippen molar-refractivity contribution in [3.63, 3.8) is 0 Å². The van der Waals surface area contributed by atoms with E-state index in [1.807, 2.05) is 12.1 Å². The van der Waals surface area contributed by atoms with Crippen LogP contribution >= 0.6 is 23.4 Å². The summed E-state index contributed by atoms with van der Waals surface area (Å²) in [5.74, 6) is 0. The van der Waals surface area contributed by atoms with Crippen molar-refractivity contribution < 1.29 is 0 Å². The highest BCUT2D eigenvalue weighted by molar-refractivity contribution is 8.01. The first-order valence-electron chi connectivity index (χ1n) is 4.77. The van der Waals surface area contributed by atoms with Crippen LogP contribution in [-0.2, 0) is 0 Å². The Labute approximate surface area is 96.0 Å². The predicted molar refractivity (Wildman–Crippen MR) is 67.1 cm³/mol. The van der Waals surface area contributed by atoms with Gasteiger partial charge in [0.25, 0.3) is 0 Å². The number of aryl methyl sites for hydroxylation is 1. The van der Waals surface area contributed by atoms with E-state index in [1.165, 1.54) is 11.1 Å². The predicted octanol–water partition coefficient (Wildman–Crippen LogP) is 4.76. The summed E-state index contributed by atoms with van der Waals surface area (Å²) in [6.07, 6.45) is 0. The summed E-state index contributed by atoms with van der Waals surface area (Å²) in [7, 11) is 0. The molecule has 0 spiro atoms. The van der Waals surface area contributed by atoms with Crippen LogP contribution in [0.5, 0.6) is 0 Å². The average molecular weight is 229 g/mol. The largest absolute Gasteiger partial charge is 0.131 e. The monoisotopic (exact) mass is 228 g/mol. The molecule has 0 nitrogen and oxygen atoms in total. The molecule has 1 unspecified atom stereocenters. The lowest BCUT2D eigenvalue weighted by atomic mass is 10.1. The minimum Gasteiger partial charge on any atom is -0.131 e. The van der Waals surface area contributed by atoms with E-state index in [0.717, 1.165) is 0 Å². The molecule has 0 aliphatic carbocycles. The minimum atomic E-state index is 0.0520.